The van der Waals surface area contributed by atoms with E-state index in [1.165, 1.54) is 7.11 Å². The summed E-state index contributed by atoms with van der Waals surface area (Å²) in [6.45, 7) is -0.578. The van der Waals surface area contributed by atoms with Gasteiger partial charge in [-0.15, -0.1) is 0 Å². The molecule has 2 unspecified atom stereocenters. The summed E-state index contributed by atoms with van der Waals surface area (Å²) >= 11 is 24.1. The lowest BCUT2D eigenvalue weighted by Gasteiger charge is -2.07. The van der Waals surface area contributed by atoms with Gasteiger partial charge in [0.2, 0.25) is 0 Å². The minimum absolute atomic E-state index is 0. The van der Waals surface area contributed by atoms with Crippen LogP contribution in [0, 0.1) is 0 Å². The Kier molecular flexibility index (Phi) is 28.7. The van der Waals surface area contributed by atoms with Gasteiger partial charge in [0.1, 0.15) is 14.9 Å². The molecule has 2 aromatic rings. The zero-order valence-corrected chi connectivity index (χ0v) is 22.4. The number of aliphatic hydroxyl groups is 5. The Morgan fingerprint density at radius 2 is 1.36 bits per heavy atom. The summed E-state index contributed by atoms with van der Waals surface area (Å²) in [5, 5.41) is 43.7. The second-order valence-electron chi connectivity index (χ2n) is 5.34. The molecule has 1 amide bonds. The highest BCUT2D eigenvalue weighted by Gasteiger charge is 2.18. The molecular formula is C18H32Cl4N4O8S2. The van der Waals surface area contributed by atoms with Crippen LogP contribution in [0.3, 0.4) is 0 Å². The number of hydrogen-bond acceptors (Lipinski definition) is 13. The molecule has 8 N–H and O–H groups in total. The van der Waals surface area contributed by atoms with E-state index in [0.29, 0.717) is 0 Å². The van der Waals surface area contributed by atoms with Crippen molar-refractivity contribution in [2.24, 2.45) is 5.73 Å². The van der Waals surface area contributed by atoms with Crippen molar-refractivity contribution in [3.63, 3.8) is 0 Å². The van der Waals surface area contributed by atoms with Crippen LogP contribution in [0.1, 0.15) is 34.2 Å². The van der Waals surface area contributed by atoms with Gasteiger partial charge in [-0.2, -0.15) is 8.75 Å². The first-order chi connectivity index (χ1) is 16.0. The fraction of sp³-hybridized carbons (Fsp3) is 0.556. The maximum Gasteiger partial charge on any atom is 0.351 e. The van der Waals surface area contributed by atoms with Crippen LogP contribution >= 0.6 is 69.5 Å². The van der Waals surface area contributed by atoms with Crippen LogP contribution in [0.15, 0.2) is 0 Å². The largest absolute Gasteiger partial charge is 0.465 e. The Morgan fingerprint density at radius 3 is 1.64 bits per heavy atom. The van der Waals surface area contributed by atoms with Gasteiger partial charge in [0, 0.05) is 20.2 Å². The molecule has 2 atom stereocenters. The van der Waals surface area contributed by atoms with Crippen molar-refractivity contribution in [1.82, 2.24) is 14.1 Å². The van der Waals surface area contributed by atoms with Crippen molar-refractivity contribution < 1.29 is 39.9 Å². The SMILES string of the molecule is C.C.CO.COC(=O)c1snc(Cl)c1Cl.NCC(O)CO.O=C(NCC(O)CO)c1snc(Cl)c1Cl. The van der Waals surface area contributed by atoms with Gasteiger partial charge in [-0.25, -0.2) is 4.79 Å². The van der Waals surface area contributed by atoms with Crippen LogP contribution in [0.5, 0.6) is 0 Å². The van der Waals surface area contributed by atoms with E-state index in [9.17, 15) is 9.59 Å². The number of carbonyl (C=O) groups excluding carboxylic acids is 2. The number of nitrogens with one attached hydrogen (secondary N) is 1. The minimum Gasteiger partial charge on any atom is -0.465 e. The average Bonchev–Trinajstić information content (AvgIpc) is 3.38. The second kappa shape index (κ2) is 24.5. The third-order valence-corrected chi connectivity index (χ3v) is 6.54. The van der Waals surface area contributed by atoms with E-state index >= 15 is 0 Å². The molecule has 2 rings (SSSR count). The number of ether oxygens (including phenoxy) is 1. The molecular weight excluding hydrogens is 606 g/mol. The van der Waals surface area contributed by atoms with Gasteiger partial charge in [-0.05, 0) is 23.1 Å². The number of aromatic nitrogens is 2. The van der Waals surface area contributed by atoms with Gasteiger partial charge >= 0.3 is 5.97 Å². The van der Waals surface area contributed by atoms with E-state index in [1.54, 1.807) is 0 Å². The molecule has 0 saturated carbocycles. The molecule has 2 aromatic heterocycles. The lowest BCUT2D eigenvalue weighted by Crippen LogP contribution is -2.33. The van der Waals surface area contributed by atoms with Crippen LogP contribution in [-0.4, -0.2) is 98.9 Å². The Bertz CT molecular complexity index is 857. The molecule has 0 aliphatic rings. The fourth-order valence-corrected chi connectivity index (χ4v) is 3.56. The van der Waals surface area contributed by atoms with Crippen molar-refractivity contribution >= 4 is 81.3 Å². The summed E-state index contributed by atoms with van der Waals surface area (Å²) in [6, 6.07) is 0. The molecule has 18 heteroatoms. The van der Waals surface area contributed by atoms with E-state index in [2.05, 4.69) is 18.8 Å². The van der Waals surface area contributed by atoms with Crippen molar-refractivity contribution in [2.75, 3.05) is 40.5 Å². The number of carbonyl (C=O) groups is 2. The highest BCUT2D eigenvalue weighted by Crippen LogP contribution is 2.29. The zero-order valence-electron chi connectivity index (χ0n) is 17.7. The Labute approximate surface area is 237 Å². The Hall–Kier alpha value is -0.880. The highest BCUT2D eigenvalue weighted by molar-refractivity contribution is 7.09. The maximum absolute atomic E-state index is 11.4. The molecule has 0 fully saturated rings. The third kappa shape index (κ3) is 16.1. The molecule has 0 spiro atoms. The minimum atomic E-state index is -0.990. The summed E-state index contributed by atoms with van der Waals surface area (Å²) < 4.78 is 11.8. The second-order valence-corrected chi connectivity index (χ2v) is 8.36. The lowest BCUT2D eigenvalue weighted by molar-refractivity contribution is 0.0606. The quantitative estimate of drug-likeness (QED) is 0.218. The first-order valence-electron chi connectivity index (χ1n) is 8.74. The number of rotatable bonds is 7. The highest BCUT2D eigenvalue weighted by atomic mass is 35.5. The molecule has 0 aliphatic heterocycles. The van der Waals surface area contributed by atoms with Crippen molar-refractivity contribution in [3.05, 3.63) is 30.1 Å². The van der Waals surface area contributed by atoms with Crippen LogP contribution < -0.4 is 11.1 Å². The summed E-state index contributed by atoms with van der Waals surface area (Å²) in [4.78, 5) is 22.7. The molecule has 212 valence electrons. The van der Waals surface area contributed by atoms with Gasteiger partial charge in [0.25, 0.3) is 5.91 Å². The van der Waals surface area contributed by atoms with E-state index in [4.69, 9.17) is 77.7 Å². The molecule has 0 bridgehead atoms. The lowest BCUT2D eigenvalue weighted by atomic mass is 10.3. The number of nitrogens with zero attached hydrogens (tertiary/aromatic N) is 2. The molecule has 0 saturated heterocycles. The first-order valence-corrected chi connectivity index (χ1v) is 11.8. The molecule has 2 heterocycles. The summed E-state index contributed by atoms with van der Waals surface area (Å²) in [5.41, 5.74) is 4.87. The monoisotopic (exact) mass is 636 g/mol. The number of aliphatic hydroxyl groups excluding tert-OH is 5. The smallest absolute Gasteiger partial charge is 0.351 e. The van der Waals surface area contributed by atoms with E-state index < -0.39 is 30.7 Å². The summed E-state index contributed by atoms with van der Waals surface area (Å²) in [5.74, 6) is -0.990. The molecule has 0 aromatic carbocycles. The number of halogens is 4. The van der Waals surface area contributed by atoms with Crippen molar-refractivity contribution in [1.29, 1.82) is 0 Å². The standard InChI is InChI=1S/C7H8Cl2N2O3S.C5H3Cl2NO2S.C3H9NO2.CH4O.2CH4/c8-4-5(15-11-6(4)9)7(14)10-1-3(13)2-12;1-10-5(9)3-2(6)4(7)8-11-3;4-1-3(6)2-5;1-2;;/h3,12-13H,1-2H2,(H,10,14);1H3;3,5-6H,1-2,4H2;2H,1H3;2*1H4. The normalized spacial score (nSPS) is 10.8. The van der Waals surface area contributed by atoms with Gasteiger partial charge in [0.15, 0.2) is 15.2 Å². The number of esters is 1. The van der Waals surface area contributed by atoms with E-state index in [1.807, 2.05) is 0 Å². The van der Waals surface area contributed by atoms with Crippen LogP contribution in [0.2, 0.25) is 20.4 Å². The molecule has 0 radical (unpaired) electrons. The molecule has 0 aliphatic carbocycles. The predicted octanol–water partition coefficient (Wildman–Crippen LogP) is 1.95. The molecule has 36 heavy (non-hydrogen) atoms. The van der Waals surface area contributed by atoms with Crippen LogP contribution in [0.4, 0.5) is 0 Å². The maximum atomic E-state index is 11.4. The Balaban J connectivity index is -0.000000216. The average molecular weight is 638 g/mol. The third-order valence-electron chi connectivity index (χ3n) is 2.96. The Morgan fingerprint density at radius 1 is 0.944 bits per heavy atom. The van der Waals surface area contributed by atoms with Gasteiger partial charge < -0.3 is 41.3 Å². The van der Waals surface area contributed by atoms with Gasteiger partial charge in [-0.3, -0.25) is 4.79 Å². The van der Waals surface area contributed by atoms with Crippen molar-refractivity contribution in [3.8, 4) is 0 Å². The van der Waals surface area contributed by atoms with Crippen LogP contribution in [0.25, 0.3) is 0 Å². The predicted molar refractivity (Wildman–Crippen MR) is 145 cm³/mol. The van der Waals surface area contributed by atoms with Crippen LogP contribution in [-0.2, 0) is 4.74 Å². The zero-order chi connectivity index (χ0) is 26.8. The van der Waals surface area contributed by atoms with E-state index in [-0.39, 0.29) is 64.7 Å². The van der Waals surface area contributed by atoms with Gasteiger partial charge in [-0.1, -0.05) is 61.3 Å². The topological polar surface area (TPSA) is 208 Å². The number of amides is 1. The number of nitrogens with two attached hydrogens (primary N) is 1. The molecule has 12 nitrogen and oxygen atoms in total. The van der Waals surface area contributed by atoms with E-state index in [0.717, 1.165) is 30.2 Å². The first kappa shape index (κ1) is 42.2. The number of hydrogen-bond donors (Lipinski definition) is 7. The summed E-state index contributed by atoms with van der Waals surface area (Å²) in [6.07, 6.45) is -1.72. The summed E-state index contributed by atoms with van der Waals surface area (Å²) in [7, 11) is 2.27. The van der Waals surface area contributed by atoms with Crippen molar-refractivity contribution in [2.45, 2.75) is 27.1 Å². The fourth-order valence-electron chi connectivity index (χ4n) is 1.31. The number of methoxy groups -OCH3 is 1. The van der Waals surface area contributed by atoms with Gasteiger partial charge in [0.05, 0.1) is 32.5 Å².